The zero-order chi connectivity index (χ0) is 15.7. The number of alkyl halides is 3. The molecule has 0 spiro atoms. The molecule has 2 atom stereocenters. The summed E-state index contributed by atoms with van der Waals surface area (Å²) in [5.74, 6) is 0. The molecule has 1 rings (SSSR count). The first kappa shape index (κ1) is 17.8. The average molecular weight is 372 g/mol. The molecule has 1 aromatic rings. The monoisotopic (exact) mass is 371 g/mol. The Bertz CT molecular complexity index is 474. The first-order chi connectivity index (χ1) is 8.93. The van der Waals surface area contributed by atoms with Crippen LogP contribution in [-0.4, -0.2) is 15.5 Å². The second-order valence-electron chi connectivity index (χ2n) is 5.48. The molecule has 2 nitrogen and oxygen atoms in total. The van der Waals surface area contributed by atoms with Crippen LogP contribution in [0.2, 0.25) is 0 Å². The summed E-state index contributed by atoms with van der Waals surface area (Å²) in [6, 6.07) is 2.43. The highest BCUT2D eigenvalue weighted by molar-refractivity contribution is 9.10. The van der Waals surface area contributed by atoms with E-state index in [9.17, 15) is 17.7 Å². The third-order valence-electron chi connectivity index (χ3n) is 2.62. The van der Waals surface area contributed by atoms with E-state index in [4.69, 9.17) is 0 Å². The highest BCUT2D eigenvalue weighted by atomic mass is 79.9. The van der Waals surface area contributed by atoms with Crippen LogP contribution >= 0.6 is 15.9 Å². The molecule has 0 heterocycles. The van der Waals surface area contributed by atoms with E-state index in [0.717, 1.165) is 4.47 Å². The smallest absolute Gasteiger partial charge is 0.412 e. The van der Waals surface area contributed by atoms with Crippen molar-refractivity contribution in [3.8, 4) is 0 Å². The minimum Gasteiger partial charge on any atom is -0.598 e. The lowest BCUT2D eigenvalue weighted by molar-refractivity contribution is -0.153. The fraction of sp³-hybridized carbons (Fsp3) is 0.538. The first-order valence-electron chi connectivity index (χ1n) is 5.93. The lowest BCUT2D eigenvalue weighted by Crippen LogP contribution is -2.45. The van der Waals surface area contributed by atoms with E-state index < -0.39 is 28.3 Å². The van der Waals surface area contributed by atoms with E-state index in [-0.39, 0.29) is 5.56 Å². The number of rotatable bonds is 3. The van der Waals surface area contributed by atoms with Gasteiger partial charge in [-0.05, 0) is 44.9 Å². The Kier molecular flexibility index (Phi) is 5.57. The highest BCUT2D eigenvalue weighted by Gasteiger charge is 2.45. The van der Waals surface area contributed by atoms with Crippen LogP contribution in [-0.2, 0) is 11.4 Å². The number of aryl methyl sites for hydroxylation is 1. The van der Waals surface area contributed by atoms with E-state index in [1.807, 2.05) is 0 Å². The van der Waals surface area contributed by atoms with Gasteiger partial charge in [0.05, 0.1) is 0 Å². The number of hydrogen-bond acceptors (Lipinski definition) is 2. The van der Waals surface area contributed by atoms with Crippen molar-refractivity contribution < 1.29 is 17.7 Å². The van der Waals surface area contributed by atoms with Gasteiger partial charge < -0.3 is 4.55 Å². The molecule has 0 radical (unpaired) electrons. The predicted molar refractivity (Wildman–Crippen MR) is 78.7 cm³/mol. The van der Waals surface area contributed by atoms with E-state index in [1.165, 1.54) is 12.1 Å². The third-order valence-corrected chi connectivity index (χ3v) is 5.08. The molecule has 0 aliphatic heterocycles. The van der Waals surface area contributed by atoms with Gasteiger partial charge >= 0.3 is 6.18 Å². The molecular formula is C13H17BrF3NOS. The summed E-state index contributed by atoms with van der Waals surface area (Å²) in [6.45, 7) is 6.57. The zero-order valence-corrected chi connectivity index (χ0v) is 14.0. The van der Waals surface area contributed by atoms with Crippen LogP contribution in [0.1, 0.15) is 37.9 Å². The van der Waals surface area contributed by atoms with Gasteiger partial charge in [-0.15, -0.1) is 4.72 Å². The Morgan fingerprint density at radius 3 is 2.20 bits per heavy atom. The summed E-state index contributed by atoms with van der Waals surface area (Å²) in [4.78, 5) is 0. The molecule has 0 unspecified atom stereocenters. The van der Waals surface area contributed by atoms with Crippen molar-refractivity contribution in [1.29, 1.82) is 0 Å². The van der Waals surface area contributed by atoms with Crippen LogP contribution < -0.4 is 4.72 Å². The zero-order valence-electron chi connectivity index (χ0n) is 11.6. The fourth-order valence-corrected chi connectivity index (χ4v) is 2.54. The quantitative estimate of drug-likeness (QED) is 0.798. The minimum absolute atomic E-state index is 0.0517. The minimum atomic E-state index is -4.51. The molecule has 0 amide bonds. The number of hydrogen-bond donors (Lipinski definition) is 1. The van der Waals surface area contributed by atoms with Crippen molar-refractivity contribution in [3.63, 3.8) is 0 Å². The largest absolute Gasteiger partial charge is 0.598 e. The number of halogens is 4. The summed E-state index contributed by atoms with van der Waals surface area (Å²) in [5.41, 5.74) is 0.746. The molecule has 20 heavy (non-hydrogen) atoms. The maximum absolute atomic E-state index is 13.2. The molecule has 0 aromatic heterocycles. The van der Waals surface area contributed by atoms with Gasteiger partial charge in [0.1, 0.15) is 4.75 Å². The van der Waals surface area contributed by atoms with Crippen molar-refractivity contribution in [2.75, 3.05) is 0 Å². The Morgan fingerprint density at radius 2 is 1.80 bits per heavy atom. The number of nitrogens with one attached hydrogen (secondary N) is 1. The van der Waals surface area contributed by atoms with E-state index in [0.29, 0.717) is 5.56 Å². The van der Waals surface area contributed by atoms with Crippen LogP contribution in [0.5, 0.6) is 0 Å². The molecule has 0 aliphatic carbocycles. The van der Waals surface area contributed by atoms with E-state index in [1.54, 1.807) is 33.8 Å². The lowest BCUT2D eigenvalue weighted by atomic mass is 10.1. The summed E-state index contributed by atoms with van der Waals surface area (Å²) in [7, 11) is 0. The van der Waals surface area contributed by atoms with Crippen molar-refractivity contribution >= 4 is 27.3 Å². The lowest BCUT2D eigenvalue weighted by Gasteiger charge is -2.29. The highest BCUT2D eigenvalue weighted by Crippen LogP contribution is 2.35. The summed E-state index contributed by atoms with van der Waals surface area (Å²) in [6.07, 6.45) is -4.51. The summed E-state index contributed by atoms with van der Waals surface area (Å²) >= 11 is 1.44. The van der Waals surface area contributed by atoms with Gasteiger partial charge in [0.2, 0.25) is 0 Å². The van der Waals surface area contributed by atoms with Crippen LogP contribution in [0.15, 0.2) is 22.7 Å². The average Bonchev–Trinajstić information content (AvgIpc) is 2.26. The van der Waals surface area contributed by atoms with Gasteiger partial charge in [0, 0.05) is 15.8 Å². The number of benzene rings is 1. The maximum Gasteiger partial charge on any atom is 0.412 e. The second-order valence-corrected chi connectivity index (χ2v) is 8.33. The Balaban J connectivity index is 3.11. The Morgan fingerprint density at radius 1 is 1.25 bits per heavy atom. The van der Waals surface area contributed by atoms with Crippen molar-refractivity contribution in [3.05, 3.63) is 33.8 Å². The molecule has 0 fully saturated rings. The van der Waals surface area contributed by atoms with Crippen LogP contribution in [0.4, 0.5) is 13.2 Å². The molecule has 0 saturated heterocycles. The second kappa shape index (κ2) is 6.25. The summed E-state index contributed by atoms with van der Waals surface area (Å²) in [5, 5.41) is 0. The Hall–Kier alpha value is -0.240. The van der Waals surface area contributed by atoms with Crippen molar-refractivity contribution in [2.24, 2.45) is 0 Å². The van der Waals surface area contributed by atoms with E-state index >= 15 is 0 Å². The molecule has 0 aliphatic rings. The molecular weight excluding hydrogens is 355 g/mol. The maximum atomic E-state index is 13.2. The molecule has 1 aromatic carbocycles. The molecule has 0 bridgehead atoms. The van der Waals surface area contributed by atoms with Gasteiger partial charge in [0.15, 0.2) is 6.04 Å². The van der Waals surface area contributed by atoms with Crippen molar-refractivity contribution in [1.82, 2.24) is 4.72 Å². The third kappa shape index (κ3) is 4.65. The topological polar surface area (TPSA) is 35.1 Å². The van der Waals surface area contributed by atoms with Gasteiger partial charge in [-0.2, -0.15) is 13.2 Å². The Labute approximate surface area is 128 Å². The van der Waals surface area contributed by atoms with Gasteiger partial charge in [-0.3, -0.25) is 0 Å². The van der Waals surface area contributed by atoms with Crippen molar-refractivity contribution in [2.45, 2.75) is 44.7 Å². The van der Waals surface area contributed by atoms with Gasteiger partial charge in [-0.1, -0.05) is 28.1 Å². The fourth-order valence-electron chi connectivity index (χ4n) is 1.46. The first-order valence-corrected chi connectivity index (χ1v) is 7.88. The SMILES string of the molecule is Cc1cc([C@H](N[S@+]([O-])C(C)(C)C)C(F)(F)F)ccc1Br. The molecule has 7 heteroatoms. The summed E-state index contributed by atoms with van der Waals surface area (Å²) < 4.78 is 53.6. The predicted octanol–water partition coefficient (Wildman–Crippen LogP) is 4.41. The molecule has 114 valence electrons. The van der Waals surface area contributed by atoms with Crippen LogP contribution in [0.25, 0.3) is 0 Å². The van der Waals surface area contributed by atoms with E-state index in [2.05, 4.69) is 20.7 Å². The molecule has 0 saturated carbocycles. The normalized spacial score (nSPS) is 16.1. The molecule has 1 N–H and O–H groups in total. The van der Waals surface area contributed by atoms with Gasteiger partial charge in [-0.25, -0.2) is 0 Å². The van der Waals surface area contributed by atoms with Gasteiger partial charge in [0.25, 0.3) is 0 Å². The van der Waals surface area contributed by atoms with Crippen LogP contribution in [0.3, 0.4) is 0 Å². The standard InChI is InChI=1S/C13H17BrF3NOS/c1-8-7-9(5-6-10(8)14)11(13(15,16)17)18-20(19)12(2,3)4/h5-7,11,18H,1-4H3/t11-,20+/m0/s1. The van der Waals surface area contributed by atoms with Crippen LogP contribution in [0, 0.1) is 6.92 Å².